The van der Waals surface area contributed by atoms with Gasteiger partial charge in [-0.3, -0.25) is 4.90 Å². The van der Waals surface area contributed by atoms with E-state index >= 15 is 0 Å². The number of aryl methyl sites for hydroxylation is 1. The first-order valence-corrected chi connectivity index (χ1v) is 9.51. The summed E-state index contributed by atoms with van der Waals surface area (Å²) in [5.41, 5.74) is 4.86. The number of rotatable bonds is 6. The highest BCUT2D eigenvalue weighted by atomic mass is 16.5. The lowest BCUT2D eigenvalue weighted by Gasteiger charge is -2.34. The van der Waals surface area contributed by atoms with Crippen LogP contribution in [0.2, 0.25) is 0 Å². The van der Waals surface area contributed by atoms with Crippen molar-refractivity contribution in [2.45, 2.75) is 26.6 Å². The molecule has 2 aromatic rings. The van der Waals surface area contributed by atoms with Crippen molar-refractivity contribution in [2.75, 3.05) is 33.3 Å². The molecule has 1 fully saturated rings. The molecule has 0 aromatic heterocycles. The van der Waals surface area contributed by atoms with E-state index in [1.54, 1.807) is 7.11 Å². The summed E-state index contributed by atoms with van der Waals surface area (Å²) in [7, 11) is 1.69. The Hall–Kier alpha value is -2.37. The lowest BCUT2D eigenvalue weighted by atomic mass is 10.1. The van der Waals surface area contributed by atoms with Crippen LogP contribution in [0.4, 0.5) is 4.79 Å². The number of nitrogens with zero attached hydrogens (tertiary/aromatic N) is 2. The summed E-state index contributed by atoms with van der Waals surface area (Å²) >= 11 is 0. The van der Waals surface area contributed by atoms with E-state index in [1.165, 1.54) is 11.1 Å². The number of ether oxygens (including phenoxy) is 1. The van der Waals surface area contributed by atoms with Gasteiger partial charge in [-0.15, -0.1) is 0 Å². The first-order chi connectivity index (χ1) is 13.1. The highest BCUT2D eigenvalue weighted by molar-refractivity contribution is 5.74. The minimum Gasteiger partial charge on any atom is -0.380 e. The van der Waals surface area contributed by atoms with E-state index < -0.39 is 0 Å². The molecule has 1 heterocycles. The third-order valence-electron chi connectivity index (χ3n) is 4.93. The van der Waals surface area contributed by atoms with Crippen molar-refractivity contribution in [1.29, 1.82) is 0 Å². The molecule has 144 valence electrons. The van der Waals surface area contributed by atoms with Gasteiger partial charge in [-0.2, -0.15) is 0 Å². The summed E-state index contributed by atoms with van der Waals surface area (Å²) in [5.74, 6) is 0. The van der Waals surface area contributed by atoms with Gasteiger partial charge in [0.2, 0.25) is 0 Å². The van der Waals surface area contributed by atoms with Crippen molar-refractivity contribution >= 4 is 6.03 Å². The number of methoxy groups -OCH3 is 1. The SMILES string of the molecule is COCc1ccc(CNC(=O)N2CCN(Cc3cccc(C)c3)CC2)cc1. The monoisotopic (exact) mass is 367 g/mol. The Morgan fingerprint density at radius 2 is 1.70 bits per heavy atom. The molecule has 0 atom stereocenters. The molecule has 0 aliphatic carbocycles. The third-order valence-corrected chi connectivity index (χ3v) is 4.93. The quantitative estimate of drug-likeness (QED) is 0.853. The number of benzene rings is 2. The number of carbonyl (C=O) groups is 1. The molecule has 2 amide bonds. The molecule has 0 saturated carbocycles. The average Bonchev–Trinajstić information content (AvgIpc) is 2.68. The first-order valence-electron chi connectivity index (χ1n) is 9.51. The predicted molar refractivity (Wildman–Crippen MR) is 107 cm³/mol. The van der Waals surface area contributed by atoms with E-state index in [0.29, 0.717) is 13.2 Å². The van der Waals surface area contributed by atoms with Gasteiger partial charge in [-0.05, 0) is 23.6 Å². The second-order valence-corrected chi connectivity index (χ2v) is 7.16. The van der Waals surface area contributed by atoms with E-state index in [2.05, 4.69) is 41.4 Å². The number of carbonyl (C=O) groups excluding carboxylic acids is 1. The Balaban J connectivity index is 1.41. The summed E-state index contributed by atoms with van der Waals surface area (Å²) in [6.45, 7) is 7.59. The average molecular weight is 367 g/mol. The van der Waals surface area contributed by atoms with Gasteiger partial charge in [0.25, 0.3) is 0 Å². The summed E-state index contributed by atoms with van der Waals surface area (Å²) < 4.78 is 5.12. The lowest BCUT2D eigenvalue weighted by Crippen LogP contribution is -2.51. The van der Waals surface area contributed by atoms with Gasteiger partial charge in [-0.25, -0.2) is 4.79 Å². The molecular formula is C22H29N3O2. The Bertz CT molecular complexity index is 737. The Kier molecular flexibility index (Phi) is 6.85. The zero-order valence-corrected chi connectivity index (χ0v) is 16.3. The van der Waals surface area contributed by atoms with Crippen LogP contribution in [0.3, 0.4) is 0 Å². The maximum atomic E-state index is 12.4. The summed E-state index contributed by atoms with van der Waals surface area (Å²) in [6.07, 6.45) is 0. The number of hydrogen-bond donors (Lipinski definition) is 1. The van der Waals surface area contributed by atoms with Crippen molar-refractivity contribution in [3.8, 4) is 0 Å². The molecule has 2 aromatic carbocycles. The van der Waals surface area contributed by atoms with Gasteiger partial charge >= 0.3 is 6.03 Å². The molecule has 27 heavy (non-hydrogen) atoms. The van der Waals surface area contributed by atoms with Crippen molar-refractivity contribution in [3.63, 3.8) is 0 Å². The van der Waals surface area contributed by atoms with Crippen molar-refractivity contribution in [1.82, 2.24) is 15.1 Å². The van der Waals surface area contributed by atoms with Gasteiger partial charge in [0.15, 0.2) is 0 Å². The fourth-order valence-corrected chi connectivity index (χ4v) is 3.39. The van der Waals surface area contributed by atoms with Gasteiger partial charge in [-0.1, -0.05) is 54.1 Å². The molecule has 1 aliphatic heterocycles. The van der Waals surface area contributed by atoms with Crippen molar-refractivity contribution in [3.05, 3.63) is 70.8 Å². The van der Waals surface area contributed by atoms with Crippen LogP contribution in [-0.4, -0.2) is 49.1 Å². The van der Waals surface area contributed by atoms with Crippen LogP contribution >= 0.6 is 0 Å². The zero-order valence-electron chi connectivity index (χ0n) is 16.3. The summed E-state index contributed by atoms with van der Waals surface area (Å²) in [6, 6.07) is 16.8. The minimum atomic E-state index is 0.0196. The number of piperazine rings is 1. The Morgan fingerprint density at radius 1 is 1.00 bits per heavy atom. The maximum absolute atomic E-state index is 12.4. The number of hydrogen-bond acceptors (Lipinski definition) is 3. The second-order valence-electron chi connectivity index (χ2n) is 7.16. The predicted octanol–water partition coefficient (Wildman–Crippen LogP) is 3.17. The standard InChI is InChI=1S/C22H29N3O2/c1-18-4-3-5-21(14-18)16-24-10-12-25(13-11-24)22(26)23-15-19-6-8-20(9-7-19)17-27-2/h3-9,14H,10-13,15-17H2,1-2H3,(H,23,26). The van der Waals surface area contributed by atoms with Gasteiger partial charge in [0.1, 0.15) is 0 Å². The van der Waals surface area contributed by atoms with Gasteiger partial charge in [0.05, 0.1) is 6.61 Å². The largest absolute Gasteiger partial charge is 0.380 e. The smallest absolute Gasteiger partial charge is 0.317 e. The van der Waals surface area contributed by atoms with E-state index in [9.17, 15) is 4.79 Å². The van der Waals surface area contributed by atoms with E-state index in [1.807, 2.05) is 29.2 Å². The highest BCUT2D eigenvalue weighted by Gasteiger charge is 2.20. The van der Waals surface area contributed by atoms with Crippen LogP contribution in [0.25, 0.3) is 0 Å². The number of nitrogens with one attached hydrogen (secondary N) is 1. The number of urea groups is 1. The fourth-order valence-electron chi connectivity index (χ4n) is 3.39. The second kappa shape index (κ2) is 9.53. The molecule has 1 aliphatic rings. The molecule has 0 radical (unpaired) electrons. The van der Waals surface area contributed by atoms with Gasteiger partial charge in [0, 0.05) is 46.4 Å². The molecular weight excluding hydrogens is 338 g/mol. The molecule has 1 saturated heterocycles. The van der Waals surface area contributed by atoms with Crippen molar-refractivity contribution in [2.24, 2.45) is 0 Å². The molecule has 0 spiro atoms. The van der Waals surface area contributed by atoms with E-state index in [4.69, 9.17) is 4.74 Å². The first kappa shape index (κ1) is 19.4. The van der Waals surface area contributed by atoms with Crippen LogP contribution in [0.5, 0.6) is 0 Å². The molecule has 0 bridgehead atoms. The third kappa shape index (κ3) is 5.81. The fraction of sp³-hybridized carbons (Fsp3) is 0.409. The molecule has 5 nitrogen and oxygen atoms in total. The van der Waals surface area contributed by atoms with Crippen LogP contribution in [-0.2, 0) is 24.4 Å². The van der Waals surface area contributed by atoms with Crippen LogP contribution < -0.4 is 5.32 Å². The van der Waals surface area contributed by atoms with E-state index in [0.717, 1.165) is 43.9 Å². The summed E-state index contributed by atoms with van der Waals surface area (Å²) in [5, 5.41) is 3.03. The molecule has 1 N–H and O–H groups in total. The molecule has 5 heteroatoms. The molecule has 0 unspecified atom stereocenters. The zero-order chi connectivity index (χ0) is 19.1. The lowest BCUT2D eigenvalue weighted by molar-refractivity contribution is 0.135. The minimum absolute atomic E-state index is 0.0196. The van der Waals surface area contributed by atoms with E-state index in [-0.39, 0.29) is 6.03 Å². The Labute approximate surface area is 161 Å². The maximum Gasteiger partial charge on any atom is 0.317 e. The van der Waals surface area contributed by atoms with Crippen molar-refractivity contribution < 1.29 is 9.53 Å². The highest BCUT2D eigenvalue weighted by Crippen LogP contribution is 2.11. The summed E-state index contributed by atoms with van der Waals surface area (Å²) in [4.78, 5) is 16.7. The van der Waals surface area contributed by atoms with Crippen LogP contribution in [0.1, 0.15) is 22.3 Å². The van der Waals surface area contributed by atoms with Gasteiger partial charge < -0.3 is 15.0 Å². The van der Waals surface area contributed by atoms with Crippen LogP contribution in [0, 0.1) is 6.92 Å². The Morgan fingerprint density at radius 3 is 2.37 bits per heavy atom. The normalized spacial score (nSPS) is 15.0. The topological polar surface area (TPSA) is 44.8 Å². The molecule has 3 rings (SSSR count). The number of amides is 2. The van der Waals surface area contributed by atoms with Crippen LogP contribution in [0.15, 0.2) is 48.5 Å².